The molecule has 0 amide bonds. The lowest BCUT2D eigenvalue weighted by Gasteiger charge is -2.13. The number of halogens is 1. The van der Waals surface area contributed by atoms with Crippen LogP contribution in [0.3, 0.4) is 0 Å². The summed E-state index contributed by atoms with van der Waals surface area (Å²) in [5.74, 6) is 0.859. The van der Waals surface area contributed by atoms with Gasteiger partial charge in [-0.25, -0.2) is 4.98 Å². The van der Waals surface area contributed by atoms with Crippen molar-refractivity contribution in [2.24, 2.45) is 0 Å². The highest BCUT2D eigenvalue weighted by Gasteiger charge is 2.06. The van der Waals surface area contributed by atoms with Crippen molar-refractivity contribution in [1.82, 2.24) is 15.3 Å². The molecule has 0 atom stereocenters. The predicted octanol–water partition coefficient (Wildman–Crippen LogP) is 1.92. The Balaban J connectivity index is 1.95. The first kappa shape index (κ1) is 13.3. The molecule has 0 saturated heterocycles. The Hall–Kier alpha value is -1.14. The van der Waals surface area contributed by atoms with E-state index in [0.29, 0.717) is 18.1 Å². The van der Waals surface area contributed by atoms with Gasteiger partial charge in [-0.05, 0) is 18.2 Å². The summed E-state index contributed by atoms with van der Waals surface area (Å²) in [6.45, 7) is 1.22. The van der Waals surface area contributed by atoms with Gasteiger partial charge in [0, 0.05) is 25.8 Å². The number of rotatable bonds is 6. The summed E-state index contributed by atoms with van der Waals surface area (Å²) < 4.78 is 10.2. The standard InChI is InChI=1S/C12H16ClN3O2/c1-17-12(18-2)7-14-6-11-15-9-4-3-8(13)5-10(9)16-11/h3-5,12,14H,6-7H2,1-2H3,(H,15,16). The molecule has 0 radical (unpaired) electrons. The monoisotopic (exact) mass is 269 g/mol. The zero-order chi connectivity index (χ0) is 13.0. The number of benzene rings is 1. The van der Waals surface area contributed by atoms with Gasteiger partial charge >= 0.3 is 0 Å². The molecule has 0 bridgehead atoms. The minimum atomic E-state index is -0.246. The maximum absolute atomic E-state index is 5.91. The summed E-state index contributed by atoms with van der Waals surface area (Å²) in [5, 5.41) is 3.90. The number of fused-ring (bicyclic) bond motifs is 1. The first-order valence-corrected chi connectivity index (χ1v) is 6.01. The van der Waals surface area contributed by atoms with Gasteiger partial charge in [0.05, 0.1) is 17.6 Å². The number of aromatic nitrogens is 2. The molecule has 18 heavy (non-hydrogen) atoms. The third-order valence-electron chi connectivity index (χ3n) is 2.62. The van der Waals surface area contributed by atoms with E-state index in [9.17, 15) is 0 Å². The van der Waals surface area contributed by atoms with Gasteiger partial charge in [0.2, 0.25) is 0 Å². The Morgan fingerprint density at radius 1 is 1.39 bits per heavy atom. The van der Waals surface area contributed by atoms with Crippen molar-refractivity contribution in [2.45, 2.75) is 12.8 Å². The van der Waals surface area contributed by atoms with Crippen molar-refractivity contribution in [2.75, 3.05) is 20.8 Å². The molecular formula is C12H16ClN3O2. The molecule has 98 valence electrons. The number of methoxy groups -OCH3 is 2. The van der Waals surface area contributed by atoms with Crippen LogP contribution in [0.4, 0.5) is 0 Å². The Morgan fingerprint density at radius 2 is 2.17 bits per heavy atom. The molecule has 6 heteroatoms. The number of H-pyrrole nitrogens is 1. The molecule has 2 aromatic rings. The fourth-order valence-corrected chi connectivity index (χ4v) is 1.86. The highest BCUT2D eigenvalue weighted by Crippen LogP contribution is 2.16. The highest BCUT2D eigenvalue weighted by molar-refractivity contribution is 6.31. The average molecular weight is 270 g/mol. The molecule has 2 N–H and O–H groups in total. The van der Waals surface area contributed by atoms with Crippen molar-refractivity contribution in [3.8, 4) is 0 Å². The minimum absolute atomic E-state index is 0.246. The SMILES string of the molecule is COC(CNCc1nc2ccc(Cl)cc2[nH]1)OC. The lowest BCUT2D eigenvalue weighted by Crippen LogP contribution is -2.29. The Morgan fingerprint density at radius 3 is 2.89 bits per heavy atom. The fourth-order valence-electron chi connectivity index (χ4n) is 1.69. The average Bonchev–Trinajstić information content (AvgIpc) is 2.76. The van der Waals surface area contributed by atoms with E-state index in [1.807, 2.05) is 18.2 Å². The summed E-state index contributed by atoms with van der Waals surface area (Å²) in [6, 6.07) is 5.58. The molecule has 1 aromatic carbocycles. The van der Waals surface area contributed by atoms with Crippen LogP contribution < -0.4 is 5.32 Å². The second kappa shape index (κ2) is 6.15. The molecule has 5 nitrogen and oxygen atoms in total. The van der Waals surface area contributed by atoms with Crippen molar-refractivity contribution in [3.63, 3.8) is 0 Å². The van der Waals surface area contributed by atoms with Crippen LogP contribution in [0.15, 0.2) is 18.2 Å². The molecule has 0 aliphatic heterocycles. The van der Waals surface area contributed by atoms with E-state index in [-0.39, 0.29) is 6.29 Å². The number of ether oxygens (including phenoxy) is 2. The quantitative estimate of drug-likeness (QED) is 0.787. The van der Waals surface area contributed by atoms with Crippen LogP contribution in [0.2, 0.25) is 5.02 Å². The van der Waals surface area contributed by atoms with Crippen LogP contribution in [0.5, 0.6) is 0 Å². The van der Waals surface area contributed by atoms with Gasteiger partial charge in [0.15, 0.2) is 6.29 Å². The van der Waals surface area contributed by atoms with E-state index in [1.54, 1.807) is 14.2 Å². The topological polar surface area (TPSA) is 59.2 Å². The first-order valence-electron chi connectivity index (χ1n) is 5.63. The van der Waals surface area contributed by atoms with E-state index in [1.165, 1.54) is 0 Å². The van der Waals surface area contributed by atoms with Gasteiger partial charge in [-0.1, -0.05) is 11.6 Å². The summed E-state index contributed by atoms with van der Waals surface area (Å²) in [7, 11) is 3.22. The molecule has 2 rings (SSSR count). The van der Waals surface area contributed by atoms with Gasteiger partial charge < -0.3 is 19.8 Å². The largest absolute Gasteiger partial charge is 0.355 e. The van der Waals surface area contributed by atoms with E-state index in [4.69, 9.17) is 21.1 Å². The number of hydrogen-bond donors (Lipinski definition) is 2. The molecule has 0 saturated carbocycles. The molecule has 1 heterocycles. The maximum atomic E-state index is 5.91. The Kier molecular flexibility index (Phi) is 4.54. The summed E-state index contributed by atoms with van der Waals surface area (Å²) >= 11 is 5.91. The van der Waals surface area contributed by atoms with Crippen LogP contribution in [0.1, 0.15) is 5.82 Å². The Labute approximate surface area is 110 Å². The number of nitrogens with zero attached hydrogens (tertiary/aromatic N) is 1. The maximum Gasteiger partial charge on any atom is 0.169 e. The molecule has 0 aliphatic rings. The number of hydrogen-bond acceptors (Lipinski definition) is 4. The van der Waals surface area contributed by atoms with Gasteiger partial charge in [-0.3, -0.25) is 0 Å². The number of aromatic amines is 1. The molecule has 1 aromatic heterocycles. The number of nitrogens with one attached hydrogen (secondary N) is 2. The lowest BCUT2D eigenvalue weighted by molar-refractivity contribution is -0.0989. The highest BCUT2D eigenvalue weighted by atomic mass is 35.5. The third kappa shape index (κ3) is 3.20. The van der Waals surface area contributed by atoms with E-state index in [2.05, 4.69) is 15.3 Å². The normalized spacial score (nSPS) is 11.6. The van der Waals surface area contributed by atoms with Crippen LogP contribution >= 0.6 is 11.6 Å². The van der Waals surface area contributed by atoms with E-state index < -0.39 is 0 Å². The van der Waals surface area contributed by atoms with Gasteiger partial charge in [0.1, 0.15) is 5.82 Å². The minimum Gasteiger partial charge on any atom is -0.355 e. The van der Waals surface area contributed by atoms with Crippen LogP contribution in [0, 0.1) is 0 Å². The van der Waals surface area contributed by atoms with Crippen molar-refractivity contribution in [3.05, 3.63) is 29.0 Å². The third-order valence-corrected chi connectivity index (χ3v) is 2.86. The van der Waals surface area contributed by atoms with Gasteiger partial charge in [-0.2, -0.15) is 0 Å². The number of imidazole rings is 1. The lowest BCUT2D eigenvalue weighted by atomic mass is 10.3. The fraction of sp³-hybridized carbons (Fsp3) is 0.417. The van der Waals surface area contributed by atoms with Crippen molar-refractivity contribution >= 4 is 22.6 Å². The molecule has 0 fully saturated rings. The van der Waals surface area contributed by atoms with Crippen molar-refractivity contribution < 1.29 is 9.47 Å². The summed E-state index contributed by atoms with van der Waals surface area (Å²) in [6.07, 6.45) is -0.246. The van der Waals surface area contributed by atoms with Gasteiger partial charge in [-0.15, -0.1) is 0 Å². The van der Waals surface area contributed by atoms with E-state index in [0.717, 1.165) is 16.9 Å². The smallest absolute Gasteiger partial charge is 0.169 e. The van der Waals surface area contributed by atoms with E-state index >= 15 is 0 Å². The second-order valence-electron chi connectivity index (χ2n) is 3.88. The van der Waals surface area contributed by atoms with Crippen molar-refractivity contribution in [1.29, 1.82) is 0 Å². The summed E-state index contributed by atoms with van der Waals surface area (Å²) in [5.41, 5.74) is 1.85. The predicted molar refractivity (Wildman–Crippen MR) is 70.6 cm³/mol. The zero-order valence-electron chi connectivity index (χ0n) is 10.4. The molecule has 0 aliphatic carbocycles. The second-order valence-corrected chi connectivity index (χ2v) is 4.31. The molecule has 0 spiro atoms. The first-order chi connectivity index (χ1) is 8.72. The molecular weight excluding hydrogens is 254 g/mol. The van der Waals surface area contributed by atoms with Crippen LogP contribution in [0.25, 0.3) is 11.0 Å². The Bertz CT molecular complexity index is 511. The van der Waals surface area contributed by atoms with Gasteiger partial charge in [0.25, 0.3) is 0 Å². The molecule has 0 unspecified atom stereocenters. The van der Waals surface area contributed by atoms with Crippen LogP contribution in [-0.2, 0) is 16.0 Å². The van der Waals surface area contributed by atoms with Crippen LogP contribution in [-0.4, -0.2) is 37.0 Å². The summed E-state index contributed by atoms with van der Waals surface area (Å²) in [4.78, 5) is 7.65. The zero-order valence-corrected chi connectivity index (χ0v) is 11.1.